The van der Waals surface area contributed by atoms with Gasteiger partial charge in [0.2, 0.25) is 0 Å². The van der Waals surface area contributed by atoms with E-state index in [-0.39, 0.29) is 0 Å². The summed E-state index contributed by atoms with van der Waals surface area (Å²) in [5.41, 5.74) is 0. The van der Waals surface area contributed by atoms with E-state index in [9.17, 15) is 13.2 Å². The van der Waals surface area contributed by atoms with E-state index in [0.29, 0.717) is 0 Å². The smallest absolute Gasteiger partial charge is 0.269 e. The van der Waals surface area contributed by atoms with Crippen LogP contribution in [0.5, 0.6) is 0 Å². The molecule has 0 saturated heterocycles. The molecule has 0 spiro atoms. The third kappa shape index (κ3) is 2.59. The Hall–Kier alpha value is -0.200. The lowest BCUT2D eigenvalue weighted by Gasteiger charge is -2.11. The minimum Gasteiger partial charge on any atom is -0.269 e. The second-order valence-corrected chi connectivity index (χ2v) is 2.29. The predicted octanol–water partition coefficient (Wildman–Crippen LogP) is 1.61. The molecule has 1 rings (SSSR count). The largest absolute Gasteiger partial charge is 0.524 e. The van der Waals surface area contributed by atoms with Gasteiger partial charge in [-0.3, -0.25) is 4.74 Å². The number of rotatable bonds is 1. The summed E-state index contributed by atoms with van der Waals surface area (Å²) in [5.74, 6) is 0. The summed E-state index contributed by atoms with van der Waals surface area (Å²) in [5, 5.41) is 1.50. The molecule has 0 saturated carbocycles. The van der Waals surface area contributed by atoms with Gasteiger partial charge in [0.15, 0.2) is 0 Å². The number of hydrogen-bond donors (Lipinski definition) is 1. The van der Waals surface area contributed by atoms with E-state index in [0.717, 1.165) is 11.9 Å². The van der Waals surface area contributed by atoms with Crippen LogP contribution in [-0.4, -0.2) is 12.6 Å². The van der Waals surface area contributed by atoms with E-state index in [1.807, 2.05) is 0 Å². The maximum absolute atomic E-state index is 11.4. The molecule has 1 aliphatic heterocycles. The third-order valence-electron chi connectivity index (χ3n) is 0.766. The van der Waals surface area contributed by atoms with Gasteiger partial charge in [-0.25, -0.2) is 4.72 Å². The normalized spacial score (nSPS) is 25.7. The zero-order valence-electron chi connectivity index (χ0n) is 4.68. The van der Waals surface area contributed by atoms with Gasteiger partial charge in [0.1, 0.15) is 6.23 Å². The molecule has 1 heterocycles. The van der Waals surface area contributed by atoms with Crippen molar-refractivity contribution in [1.29, 1.82) is 0 Å². The molecule has 6 heteroatoms. The van der Waals surface area contributed by atoms with Crippen LogP contribution in [0.3, 0.4) is 0 Å². The first-order chi connectivity index (χ1) is 4.58. The van der Waals surface area contributed by atoms with E-state index >= 15 is 0 Å². The van der Waals surface area contributed by atoms with Crippen molar-refractivity contribution in [1.82, 2.24) is 4.72 Å². The molecule has 0 aliphatic carbocycles. The predicted molar refractivity (Wildman–Crippen MR) is 30.8 cm³/mol. The molecule has 1 atom stereocenters. The van der Waals surface area contributed by atoms with Crippen LogP contribution >= 0.6 is 11.9 Å². The van der Waals surface area contributed by atoms with Gasteiger partial charge in [0.25, 0.3) is 0 Å². The van der Waals surface area contributed by atoms with Crippen LogP contribution in [0.2, 0.25) is 0 Å². The zero-order chi connectivity index (χ0) is 7.61. The molecule has 0 aromatic carbocycles. The highest BCUT2D eigenvalue weighted by molar-refractivity contribution is 8.00. The fraction of sp³-hybridized carbons (Fsp3) is 0.500. The quantitative estimate of drug-likeness (QED) is 0.605. The Morgan fingerprint density at radius 2 is 2.20 bits per heavy atom. The second kappa shape index (κ2) is 2.81. The first kappa shape index (κ1) is 7.90. The molecule has 0 bridgehead atoms. The summed E-state index contributed by atoms with van der Waals surface area (Å²) in [6.07, 6.45) is -4.31. The van der Waals surface area contributed by atoms with E-state index in [1.54, 1.807) is 0 Å². The molecule has 0 aromatic rings. The Labute approximate surface area is 59.6 Å². The molecule has 0 radical (unpaired) electrons. The van der Waals surface area contributed by atoms with Crippen LogP contribution in [0.25, 0.3) is 0 Å². The Morgan fingerprint density at radius 1 is 1.50 bits per heavy atom. The van der Waals surface area contributed by atoms with Gasteiger partial charge in [0, 0.05) is 0 Å². The molecule has 2 nitrogen and oxygen atoms in total. The van der Waals surface area contributed by atoms with Gasteiger partial charge in [-0.15, -0.1) is 13.2 Å². The Balaban J connectivity index is 2.31. The van der Waals surface area contributed by atoms with Crippen molar-refractivity contribution in [3.05, 3.63) is 11.5 Å². The van der Waals surface area contributed by atoms with E-state index in [4.69, 9.17) is 0 Å². The molecule has 1 aliphatic rings. The molecular formula is C4H4F3NOS. The molecule has 58 valence electrons. The molecular weight excluding hydrogens is 167 g/mol. The number of alkyl halides is 3. The van der Waals surface area contributed by atoms with Crippen molar-refractivity contribution >= 4 is 11.9 Å². The highest BCUT2D eigenvalue weighted by Crippen LogP contribution is 2.21. The Bertz CT molecular complexity index is 146. The summed E-state index contributed by atoms with van der Waals surface area (Å²) in [7, 11) is 0. The zero-order valence-corrected chi connectivity index (χ0v) is 5.50. The average molecular weight is 171 g/mol. The molecule has 10 heavy (non-hydrogen) atoms. The minimum absolute atomic E-state index is 1.04. The average Bonchev–Trinajstić information content (AvgIpc) is 2.12. The Kier molecular flexibility index (Phi) is 2.22. The highest BCUT2D eigenvalue weighted by Gasteiger charge is 2.33. The van der Waals surface area contributed by atoms with Crippen LogP contribution in [0.1, 0.15) is 0 Å². The van der Waals surface area contributed by atoms with Crippen molar-refractivity contribution in [3.63, 3.8) is 0 Å². The van der Waals surface area contributed by atoms with Crippen molar-refractivity contribution in [2.75, 3.05) is 0 Å². The summed E-state index contributed by atoms with van der Waals surface area (Å²) in [6.45, 7) is 0. The maximum Gasteiger partial charge on any atom is 0.524 e. The lowest BCUT2D eigenvalue weighted by molar-refractivity contribution is -0.337. The van der Waals surface area contributed by atoms with Crippen molar-refractivity contribution in [2.24, 2.45) is 0 Å². The highest BCUT2D eigenvalue weighted by atomic mass is 32.2. The van der Waals surface area contributed by atoms with Crippen LogP contribution in [-0.2, 0) is 4.74 Å². The molecule has 0 amide bonds. The van der Waals surface area contributed by atoms with Crippen molar-refractivity contribution in [2.45, 2.75) is 12.6 Å². The minimum atomic E-state index is -4.56. The van der Waals surface area contributed by atoms with Gasteiger partial charge < -0.3 is 0 Å². The van der Waals surface area contributed by atoms with Gasteiger partial charge in [0.05, 0.1) is 0 Å². The van der Waals surface area contributed by atoms with Crippen LogP contribution < -0.4 is 4.72 Å². The Morgan fingerprint density at radius 3 is 2.60 bits per heavy atom. The first-order valence-electron chi connectivity index (χ1n) is 2.40. The van der Waals surface area contributed by atoms with Crippen molar-refractivity contribution in [3.8, 4) is 0 Å². The molecule has 1 unspecified atom stereocenters. The fourth-order valence-electron chi connectivity index (χ4n) is 0.464. The number of ether oxygens (including phenoxy) is 1. The maximum atomic E-state index is 11.4. The SMILES string of the molecule is FC(F)(F)OC1C=CSN1. The molecule has 0 aromatic heterocycles. The van der Waals surface area contributed by atoms with Gasteiger partial charge in [-0.1, -0.05) is 11.9 Å². The lowest BCUT2D eigenvalue weighted by atomic mass is 10.6. The first-order valence-corrected chi connectivity index (χ1v) is 3.28. The summed E-state index contributed by atoms with van der Waals surface area (Å²) in [6, 6.07) is 0. The van der Waals surface area contributed by atoms with Crippen LogP contribution in [0.4, 0.5) is 13.2 Å². The van der Waals surface area contributed by atoms with Gasteiger partial charge in [-0.2, -0.15) is 0 Å². The van der Waals surface area contributed by atoms with E-state index < -0.39 is 12.6 Å². The summed E-state index contributed by atoms with van der Waals surface area (Å²) in [4.78, 5) is 0. The number of hydrogen-bond acceptors (Lipinski definition) is 3. The molecule has 1 N–H and O–H groups in total. The topological polar surface area (TPSA) is 21.3 Å². The monoisotopic (exact) mass is 171 g/mol. The second-order valence-electron chi connectivity index (χ2n) is 1.55. The lowest BCUT2D eigenvalue weighted by Crippen LogP contribution is -2.28. The van der Waals surface area contributed by atoms with Crippen LogP contribution in [0.15, 0.2) is 11.5 Å². The van der Waals surface area contributed by atoms with Gasteiger partial charge >= 0.3 is 6.36 Å². The van der Waals surface area contributed by atoms with E-state index in [2.05, 4.69) is 9.46 Å². The van der Waals surface area contributed by atoms with E-state index in [1.165, 1.54) is 11.5 Å². The number of nitrogens with one attached hydrogen (secondary N) is 1. The molecule has 0 fully saturated rings. The fourth-order valence-corrected chi connectivity index (χ4v) is 1.02. The summed E-state index contributed by atoms with van der Waals surface area (Å²) >= 11 is 1.07. The van der Waals surface area contributed by atoms with Crippen LogP contribution in [0, 0.1) is 0 Å². The standard InChI is InChI=1S/C4H4F3NOS/c5-4(6,7)9-3-1-2-10-8-3/h1-3,8H. The third-order valence-corrected chi connectivity index (χ3v) is 1.43. The summed E-state index contributed by atoms with van der Waals surface area (Å²) < 4.78 is 40.2. The van der Waals surface area contributed by atoms with Crippen molar-refractivity contribution < 1.29 is 17.9 Å². The number of halogens is 3. The van der Waals surface area contributed by atoms with Gasteiger partial charge in [-0.05, 0) is 11.5 Å².